The maximum atomic E-state index is 8.66. The highest BCUT2D eigenvalue weighted by molar-refractivity contribution is 7.80. The summed E-state index contributed by atoms with van der Waals surface area (Å²) in [4.78, 5) is 0. The molecule has 0 aromatic heterocycles. The molecule has 0 bridgehead atoms. The van der Waals surface area contributed by atoms with Crippen molar-refractivity contribution in [1.82, 2.24) is 10.7 Å². The summed E-state index contributed by atoms with van der Waals surface area (Å²) in [6.07, 6.45) is 0. The zero-order valence-corrected chi connectivity index (χ0v) is 8.27. The third-order valence-electron chi connectivity index (χ3n) is 1.64. The molecule has 0 atom stereocenters. The van der Waals surface area contributed by atoms with Crippen LogP contribution < -0.4 is 16.6 Å². The molecule has 1 rings (SSSR count). The van der Waals surface area contributed by atoms with Crippen molar-refractivity contribution in [1.29, 1.82) is 5.26 Å². The maximum Gasteiger partial charge on any atom is 0.180 e. The lowest BCUT2D eigenvalue weighted by Gasteiger charge is -2.06. The number of nitriles is 1. The van der Waals surface area contributed by atoms with Crippen LogP contribution in [0.3, 0.4) is 0 Å². The van der Waals surface area contributed by atoms with Crippen molar-refractivity contribution in [3.63, 3.8) is 0 Å². The summed E-state index contributed by atoms with van der Waals surface area (Å²) < 4.78 is 0. The van der Waals surface area contributed by atoms with Crippen LogP contribution >= 0.6 is 12.2 Å². The Bertz CT molecular complexity index is 369. The first-order chi connectivity index (χ1) is 6.76. The van der Waals surface area contributed by atoms with E-state index in [1.54, 1.807) is 12.1 Å². The average Bonchev–Trinajstić information content (AvgIpc) is 2.26. The van der Waals surface area contributed by atoms with Crippen LogP contribution in [-0.4, -0.2) is 5.11 Å². The highest BCUT2D eigenvalue weighted by Crippen LogP contribution is 2.03. The van der Waals surface area contributed by atoms with Gasteiger partial charge in [-0.15, -0.1) is 0 Å². The lowest BCUT2D eigenvalue weighted by molar-refractivity contribution is 0.866. The summed E-state index contributed by atoms with van der Waals surface area (Å²) in [6.45, 7) is 0.554. The molecule has 14 heavy (non-hydrogen) atoms. The fourth-order valence-electron chi connectivity index (χ4n) is 0.984. The number of nitrogens with two attached hydrogens (primary N) is 1. The van der Waals surface area contributed by atoms with E-state index >= 15 is 0 Å². The molecular formula is C9H10N4S. The number of nitrogens with one attached hydrogen (secondary N) is 2. The average molecular weight is 206 g/mol. The molecular weight excluding hydrogens is 196 g/mol. The van der Waals surface area contributed by atoms with Crippen LogP contribution in [0.1, 0.15) is 11.1 Å². The standard InChI is InChI=1S/C9H10N4S/c10-5-7-2-1-3-8(4-7)6-12-9(14)13-11/h1-4H,6,11H2,(H2,12,13,14). The van der Waals surface area contributed by atoms with Crippen LogP contribution in [0.15, 0.2) is 24.3 Å². The number of benzene rings is 1. The Morgan fingerprint density at radius 3 is 3.00 bits per heavy atom. The zero-order valence-electron chi connectivity index (χ0n) is 7.45. The van der Waals surface area contributed by atoms with E-state index in [1.807, 2.05) is 12.1 Å². The van der Waals surface area contributed by atoms with E-state index in [4.69, 9.17) is 23.3 Å². The first-order valence-corrected chi connectivity index (χ1v) is 4.40. The number of hydrogen-bond donors (Lipinski definition) is 3. The van der Waals surface area contributed by atoms with E-state index in [2.05, 4.69) is 16.8 Å². The van der Waals surface area contributed by atoms with Crippen molar-refractivity contribution < 1.29 is 0 Å². The van der Waals surface area contributed by atoms with Gasteiger partial charge in [0.2, 0.25) is 0 Å². The fraction of sp³-hybridized carbons (Fsp3) is 0.111. The molecule has 0 saturated heterocycles. The Labute approximate surface area is 87.7 Å². The molecule has 0 amide bonds. The first kappa shape index (κ1) is 10.4. The molecule has 4 nitrogen and oxygen atoms in total. The summed E-state index contributed by atoms with van der Waals surface area (Å²) in [5.41, 5.74) is 3.94. The lowest BCUT2D eigenvalue weighted by atomic mass is 10.1. The summed E-state index contributed by atoms with van der Waals surface area (Å²) >= 11 is 4.80. The predicted octanol–water partition coefficient (Wildman–Crippen LogP) is 0.396. The quantitative estimate of drug-likeness (QED) is 0.371. The zero-order chi connectivity index (χ0) is 10.4. The number of hydrogen-bond acceptors (Lipinski definition) is 3. The highest BCUT2D eigenvalue weighted by Gasteiger charge is 1.95. The normalized spacial score (nSPS) is 8.86. The molecule has 0 unspecified atom stereocenters. The first-order valence-electron chi connectivity index (χ1n) is 3.99. The van der Waals surface area contributed by atoms with Gasteiger partial charge in [-0.2, -0.15) is 5.26 Å². The number of hydrazine groups is 1. The van der Waals surface area contributed by atoms with Crippen LogP contribution in [0.25, 0.3) is 0 Å². The van der Waals surface area contributed by atoms with Gasteiger partial charge in [0.15, 0.2) is 5.11 Å². The molecule has 1 aromatic rings. The van der Waals surface area contributed by atoms with Crippen molar-refractivity contribution in [3.05, 3.63) is 35.4 Å². The van der Waals surface area contributed by atoms with Crippen LogP contribution in [0, 0.1) is 11.3 Å². The van der Waals surface area contributed by atoms with Gasteiger partial charge in [-0.05, 0) is 29.9 Å². The minimum absolute atomic E-state index is 0.382. The molecule has 0 spiro atoms. The second-order valence-corrected chi connectivity index (χ2v) is 3.05. The minimum atomic E-state index is 0.382. The monoisotopic (exact) mass is 206 g/mol. The van der Waals surface area contributed by atoms with Crippen LogP contribution in [0.5, 0.6) is 0 Å². The Morgan fingerprint density at radius 2 is 2.36 bits per heavy atom. The molecule has 0 aliphatic carbocycles. The fourth-order valence-corrected chi connectivity index (χ4v) is 1.06. The second kappa shape index (κ2) is 5.17. The minimum Gasteiger partial charge on any atom is -0.358 e. The van der Waals surface area contributed by atoms with E-state index in [-0.39, 0.29) is 0 Å². The van der Waals surface area contributed by atoms with Gasteiger partial charge in [-0.1, -0.05) is 12.1 Å². The number of thiocarbonyl (C=S) groups is 1. The molecule has 0 radical (unpaired) electrons. The van der Waals surface area contributed by atoms with Crippen LogP contribution in [0.4, 0.5) is 0 Å². The van der Waals surface area contributed by atoms with E-state index in [0.717, 1.165) is 5.56 Å². The van der Waals surface area contributed by atoms with Gasteiger partial charge in [-0.25, -0.2) is 5.84 Å². The van der Waals surface area contributed by atoms with Crippen molar-refractivity contribution in [2.75, 3.05) is 0 Å². The molecule has 0 fully saturated rings. The molecule has 0 saturated carbocycles. The van der Waals surface area contributed by atoms with Gasteiger partial charge in [0.25, 0.3) is 0 Å². The number of rotatable bonds is 2. The Kier molecular flexibility index (Phi) is 3.85. The Morgan fingerprint density at radius 1 is 1.57 bits per heavy atom. The summed E-state index contributed by atoms with van der Waals surface area (Å²) in [6, 6.07) is 9.36. The van der Waals surface area contributed by atoms with Gasteiger partial charge in [0, 0.05) is 6.54 Å². The molecule has 4 N–H and O–H groups in total. The Balaban J connectivity index is 2.60. The molecule has 0 aliphatic heterocycles. The number of nitrogens with zero attached hydrogens (tertiary/aromatic N) is 1. The Hall–Kier alpha value is -1.64. The lowest BCUT2D eigenvalue weighted by Crippen LogP contribution is -2.39. The van der Waals surface area contributed by atoms with E-state index in [9.17, 15) is 0 Å². The third-order valence-corrected chi connectivity index (χ3v) is 1.90. The SMILES string of the molecule is N#Cc1cccc(CNC(=S)NN)c1. The van der Waals surface area contributed by atoms with Crippen molar-refractivity contribution in [2.24, 2.45) is 5.84 Å². The molecule has 1 aromatic carbocycles. The van der Waals surface area contributed by atoms with Crippen molar-refractivity contribution >= 4 is 17.3 Å². The van der Waals surface area contributed by atoms with Gasteiger partial charge in [0.05, 0.1) is 11.6 Å². The van der Waals surface area contributed by atoms with E-state index in [0.29, 0.717) is 17.2 Å². The van der Waals surface area contributed by atoms with Gasteiger partial charge in [-0.3, -0.25) is 0 Å². The largest absolute Gasteiger partial charge is 0.358 e. The third kappa shape index (κ3) is 3.01. The van der Waals surface area contributed by atoms with Gasteiger partial charge in [0.1, 0.15) is 0 Å². The molecule has 72 valence electrons. The molecule has 0 aliphatic rings. The highest BCUT2D eigenvalue weighted by atomic mass is 32.1. The van der Waals surface area contributed by atoms with Gasteiger partial charge >= 0.3 is 0 Å². The summed E-state index contributed by atoms with van der Waals surface area (Å²) in [5.74, 6) is 5.09. The molecule has 0 heterocycles. The maximum absolute atomic E-state index is 8.66. The smallest absolute Gasteiger partial charge is 0.180 e. The van der Waals surface area contributed by atoms with Crippen LogP contribution in [-0.2, 0) is 6.54 Å². The van der Waals surface area contributed by atoms with Crippen molar-refractivity contribution in [3.8, 4) is 6.07 Å². The van der Waals surface area contributed by atoms with E-state index in [1.165, 1.54) is 0 Å². The summed E-state index contributed by atoms with van der Waals surface area (Å²) in [7, 11) is 0. The topological polar surface area (TPSA) is 73.9 Å². The second-order valence-electron chi connectivity index (χ2n) is 2.64. The summed E-state index contributed by atoms with van der Waals surface area (Å²) in [5, 5.41) is 11.9. The van der Waals surface area contributed by atoms with Crippen LogP contribution in [0.2, 0.25) is 0 Å². The van der Waals surface area contributed by atoms with E-state index < -0.39 is 0 Å². The van der Waals surface area contributed by atoms with Crippen molar-refractivity contribution in [2.45, 2.75) is 6.54 Å². The van der Waals surface area contributed by atoms with Gasteiger partial charge < -0.3 is 10.7 Å². The molecule has 5 heteroatoms. The predicted molar refractivity (Wildman–Crippen MR) is 57.9 cm³/mol.